The van der Waals surface area contributed by atoms with Crippen LogP contribution in [0.1, 0.15) is 22.9 Å². The van der Waals surface area contributed by atoms with E-state index in [0.29, 0.717) is 5.92 Å². The van der Waals surface area contributed by atoms with Gasteiger partial charge in [0.1, 0.15) is 0 Å². The van der Waals surface area contributed by atoms with Crippen molar-refractivity contribution in [2.75, 3.05) is 5.75 Å². The van der Waals surface area contributed by atoms with Crippen LogP contribution in [0.15, 0.2) is 35.2 Å². The maximum absolute atomic E-state index is 4.55. The first-order valence-electron chi connectivity index (χ1n) is 5.97. The molecular formula is C14H16N2S. The van der Waals surface area contributed by atoms with Crippen LogP contribution in [-0.2, 0) is 6.54 Å². The van der Waals surface area contributed by atoms with Crippen molar-refractivity contribution in [3.05, 3.63) is 47.3 Å². The third kappa shape index (κ3) is 2.00. The average Bonchev–Trinajstić information content (AvgIpc) is 2.85. The highest BCUT2D eigenvalue weighted by Crippen LogP contribution is 2.40. The Kier molecular flexibility index (Phi) is 2.71. The summed E-state index contributed by atoms with van der Waals surface area (Å²) in [6, 6.07) is 10.9. The van der Waals surface area contributed by atoms with Crippen molar-refractivity contribution < 1.29 is 0 Å². The Balaban J connectivity index is 1.86. The van der Waals surface area contributed by atoms with Gasteiger partial charge in [0.15, 0.2) is 0 Å². The Morgan fingerprint density at radius 3 is 2.94 bits per heavy atom. The van der Waals surface area contributed by atoms with E-state index in [9.17, 15) is 0 Å². The summed E-state index contributed by atoms with van der Waals surface area (Å²) in [4.78, 5) is 1.44. The number of hydrogen-bond donors (Lipinski definition) is 0. The summed E-state index contributed by atoms with van der Waals surface area (Å²) in [6.07, 6.45) is 0. The number of fused-ring (bicyclic) bond motifs is 1. The fourth-order valence-electron chi connectivity index (χ4n) is 2.45. The van der Waals surface area contributed by atoms with Crippen LogP contribution in [0.4, 0.5) is 0 Å². The highest BCUT2D eigenvalue weighted by molar-refractivity contribution is 7.99. The predicted octanol–water partition coefficient (Wildman–Crippen LogP) is 3.39. The Morgan fingerprint density at radius 1 is 1.35 bits per heavy atom. The molecule has 2 aromatic rings. The maximum atomic E-state index is 4.55. The minimum absolute atomic E-state index is 0.606. The van der Waals surface area contributed by atoms with Gasteiger partial charge in [-0.3, -0.25) is 4.68 Å². The molecule has 1 aromatic heterocycles. The summed E-state index contributed by atoms with van der Waals surface area (Å²) in [7, 11) is 0. The lowest BCUT2D eigenvalue weighted by atomic mass is 10.0. The first-order chi connectivity index (χ1) is 8.24. The molecule has 0 saturated carbocycles. The highest BCUT2D eigenvalue weighted by atomic mass is 32.2. The van der Waals surface area contributed by atoms with E-state index >= 15 is 0 Å². The zero-order chi connectivity index (χ0) is 11.8. The molecule has 88 valence electrons. The minimum atomic E-state index is 0.606. The van der Waals surface area contributed by atoms with Crippen molar-refractivity contribution in [1.82, 2.24) is 9.78 Å². The molecule has 1 aromatic carbocycles. The fraction of sp³-hybridized carbons (Fsp3) is 0.357. The summed E-state index contributed by atoms with van der Waals surface area (Å²) in [6.45, 7) is 5.19. The second-order valence-electron chi connectivity index (χ2n) is 4.65. The van der Waals surface area contributed by atoms with Gasteiger partial charge in [0.25, 0.3) is 0 Å². The van der Waals surface area contributed by atoms with Gasteiger partial charge in [-0.05, 0) is 31.5 Å². The van der Waals surface area contributed by atoms with E-state index < -0.39 is 0 Å². The van der Waals surface area contributed by atoms with E-state index in [1.54, 1.807) is 0 Å². The molecule has 1 aliphatic heterocycles. The Morgan fingerprint density at radius 2 is 2.18 bits per heavy atom. The van der Waals surface area contributed by atoms with Gasteiger partial charge in [-0.15, -0.1) is 11.8 Å². The van der Waals surface area contributed by atoms with E-state index in [0.717, 1.165) is 12.2 Å². The SMILES string of the molecule is Cc1cc(C)n(CC2CSc3ccccc32)n1. The van der Waals surface area contributed by atoms with Crippen molar-refractivity contribution >= 4 is 11.8 Å². The Labute approximate surface area is 106 Å². The van der Waals surface area contributed by atoms with Gasteiger partial charge >= 0.3 is 0 Å². The van der Waals surface area contributed by atoms with Crippen LogP contribution in [0.3, 0.4) is 0 Å². The van der Waals surface area contributed by atoms with Crippen molar-refractivity contribution in [3.8, 4) is 0 Å². The molecule has 3 rings (SSSR count). The molecule has 0 amide bonds. The van der Waals surface area contributed by atoms with Gasteiger partial charge in [0.05, 0.1) is 5.69 Å². The molecule has 1 atom stereocenters. The lowest BCUT2D eigenvalue weighted by Gasteiger charge is -2.12. The minimum Gasteiger partial charge on any atom is -0.269 e. The number of aryl methyl sites for hydroxylation is 2. The molecule has 0 aliphatic carbocycles. The molecule has 0 bridgehead atoms. The highest BCUT2D eigenvalue weighted by Gasteiger charge is 2.23. The number of aromatic nitrogens is 2. The Bertz CT molecular complexity index is 545. The molecule has 0 spiro atoms. The van der Waals surface area contributed by atoms with E-state index in [4.69, 9.17) is 0 Å². The molecule has 1 unspecified atom stereocenters. The van der Waals surface area contributed by atoms with E-state index in [1.165, 1.54) is 21.9 Å². The molecule has 2 nitrogen and oxygen atoms in total. The number of benzene rings is 1. The lowest BCUT2D eigenvalue weighted by molar-refractivity contribution is 0.535. The van der Waals surface area contributed by atoms with Crippen LogP contribution >= 0.6 is 11.8 Å². The lowest BCUT2D eigenvalue weighted by Crippen LogP contribution is -2.11. The second kappa shape index (κ2) is 4.22. The Hall–Kier alpha value is -1.22. The van der Waals surface area contributed by atoms with Gasteiger partial charge in [-0.25, -0.2) is 0 Å². The number of hydrogen-bond acceptors (Lipinski definition) is 2. The molecule has 0 saturated heterocycles. The average molecular weight is 244 g/mol. The van der Waals surface area contributed by atoms with Crippen molar-refractivity contribution in [2.24, 2.45) is 0 Å². The van der Waals surface area contributed by atoms with Crippen LogP contribution in [0.2, 0.25) is 0 Å². The molecule has 3 heteroatoms. The van der Waals surface area contributed by atoms with Gasteiger partial charge in [-0.1, -0.05) is 18.2 Å². The third-order valence-electron chi connectivity index (χ3n) is 3.30. The van der Waals surface area contributed by atoms with Gasteiger partial charge in [-0.2, -0.15) is 5.10 Å². The standard InChI is InChI=1S/C14H16N2S/c1-10-7-11(2)16(15-10)8-12-9-17-14-6-4-3-5-13(12)14/h3-7,12H,8-9H2,1-2H3. The molecule has 1 aliphatic rings. The van der Waals surface area contributed by atoms with Crippen LogP contribution in [-0.4, -0.2) is 15.5 Å². The first kappa shape index (κ1) is 10.9. The molecule has 2 heterocycles. The third-order valence-corrected chi connectivity index (χ3v) is 4.55. The smallest absolute Gasteiger partial charge is 0.0596 e. The monoisotopic (exact) mass is 244 g/mol. The predicted molar refractivity (Wildman–Crippen MR) is 71.6 cm³/mol. The molecular weight excluding hydrogens is 228 g/mol. The molecule has 0 fully saturated rings. The van der Waals surface area contributed by atoms with Gasteiger partial charge < -0.3 is 0 Å². The van der Waals surface area contributed by atoms with Crippen molar-refractivity contribution in [3.63, 3.8) is 0 Å². The van der Waals surface area contributed by atoms with Crippen LogP contribution in [0, 0.1) is 13.8 Å². The number of thioether (sulfide) groups is 1. The number of rotatable bonds is 2. The summed E-state index contributed by atoms with van der Waals surface area (Å²) < 4.78 is 2.14. The fourth-order valence-corrected chi connectivity index (χ4v) is 3.69. The normalized spacial score (nSPS) is 18.4. The van der Waals surface area contributed by atoms with E-state index in [1.807, 2.05) is 11.8 Å². The van der Waals surface area contributed by atoms with Gasteiger partial charge in [0, 0.05) is 28.8 Å². The van der Waals surface area contributed by atoms with Crippen LogP contribution in [0.5, 0.6) is 0 Å². The topological polar surface area (TPSA) is 17.8 Å². The molecule has 0 radical (unpaired) electrons. The zero-order valence-corrected chi connectivity index (χ0v) is 11.0. The quantitative estimate of drug-likeness (QED) is 0.806. The maximum Gasteiger partial charge on any atom is 0.0596 e. The summed E-state index contributed by atoms with van der Waals surface area (Å²) in [5.74, 6) is 1.78. The molecule has 0 N–H and O–H groups in total. The van der Waals surface area contributed by atoms with Gasteiger partial charge in [0.2, 0.25) is 0 Å². The summed E-state index contributed by atoms with van der Waals surface area (Å²) in [5.41, 5.74) is 3.86. The first-order valence-corrected chi connectivity index (χ1v) is 6.95. The number of nitrogens with zero attached hydrogens (tertiary/aromatic N) is 2. The zero-order valence-electron chi connectivity index (χ0n) is 10.2. The van der Waals surface area contributed by atoms with Crippen LogP contribution in [0.25, 0.3) is 0 Å². The van der Waals surface area contributed by atoms with Crippen molar-refractivity contribution in [1.29, 1.82) is 0 Å². The summed E-state index contributed by atoms with van der Waals surface area (Å²) >= 11 is 1.97. The largest absolute Gasteiger partial charge is 0.269 e. The van der Waals surface area contributed by atoms with E-state index in [-0.39, 0.29) is 0 Å². The van der Waals surface area contributed by atoms with Crippen LogP contribution < -0.4 is 0 Å². The molecule has 17 heavy (non-hydrogen) atoms. The van der Waals surface area contributed by atoms with Crippen molar-refractivity contribution in [2.45, 2.75) is 31.2 Å². The summed E-state index contributed by atoms with van der Waals surface area (Å²) in [5, 5.41) is 4.55. The second-order valence-corrected chi connectivity index (χ2v) is 5.72. The van der Waals surface area contributed by atoms with E-state index in [2.05, 4.69) is 54.0 Å².